The highest BCUT2D eigenvalue weighted by Gasteiger charge is 2.21. The Morgan fingerprint density at radius 2 is 0.891 bits per heavy atom. The van der Waals surface area contributed by atoms with Crippen molar-refractivity contribution in [2.75, 3.05) is 0 Å². The molecule has 0 saturated heterocycles. The molecule has 3 heterocycles. The molecular weight excluding hydrogens is 574 g/mol. The van der Waals surface area contributed by atoms with Crippen molar-refractivity contribution in [3.05, 3.63) is 126 Å². The lowest BCUT2D eigenvalue weighted by Gasteiger charge is -2.06. The minimum absolute atomic E-state index is 0.0177. The Labute approximate surface area is 265 Å². The highest BCUT2D eigenvalue weighted by Crippen LogP contribution is 2.31. The second-order valence-corrected chi connectivity index (χ2v) is 11.4. The first-order valence-electron chi connectivity index (χ1n) is 15.5. The molecule has 3 aromatic heterocycles. The van der Waals surface area contributed by atoms with Crippen molar-refractivity contribution in [3.8, 4) is 0 Å². The van der Waals surface area contributed by atoms with Crippen molar-refractivity contribution >= 4 is 66.7 Å². The Bertz CT molecular complexity index is 2210. The van der Waals surface area contributed by atoms with Crippen LogP contribution in [0.15, 0.2) is 103 Å². The molecule has 0 fully saturated rings. The van der Waals surface area contributed by atoms with Crippen LogP contribution in [0.2, 0.25) is 0 Å². The molecule has 0 bridgehead atoms. The van der Waals surface area contributed by atoms with Gasteiger partial charge in [-0.15, -0.1) is 0 Å². The van der Waals surface area contributed by atoms with Gasteiger partial charge in [0.2, 0.25) is 0 Å². The van der Waals surface area contributed by atoms with E-state index in [2.05, 4.69) is 40.1 Å². The Kier molecular flexibility index (Phi) is 7.37. The van der Waals surface area contributed by atoms with Crippen LogP contribution in [-0.2, 0) is 13.1 Å². The summed E-state index contributed by atoms with van der Waals surface area (Å²) in [6, 6.07) is 31.7. The molecule has 7 heteroatoms. The number of pyridine rings is 1. The van der Waals surface area contributed by atoms with Gasteiger partial charge in [-0.05, 0) is 74.5 Å². The second-order valence-electron chi connectivity index (χ2n) is 11.4. The Hall–Kier alpha value is -5.69. The second kappa shape index (κ2) is 11.7. The van der Waals surface area contributed by atoms with E-state index in [-0.39, 0.29) is 35.8 Å². The van der Waals surface area contributed by atoms with Crippen molar-refractivity contribution in [2.45, 2.75) is 39.8 Å². The zero-order valence-electron chi connectivity index (χ0n) is 25.6. The molecule has 0 atom stereocenters. The maximum atomic E-state index is 13.2. The number of carbonyl (C=O) groups is 4. The van der Waals surface area contributed by atoms with E-state index in [9.17, 15) is 19.2 Å². The van der Waals surface area contributed by atoms with Crippen LogP contribution in [0.4, 0.5) is 0 Å². The normalized spacial score (nSPS) is 11.5. The highest BCUT2D eigenvalue weighted by atomic mass is 16.2. The van der Waals surface area contributed by atoms with E-state index in [1.54, 1.807) is 18.2 Å². The fourth-order valence-electron chi connectivity index (χ4n) is 6.56. The van der Waals surface area contributed by atoms with E-state index in [0.717, 1.165) is 56.7 Å². The summed E-state index contributed by atoms with van der Waals surface area (Å²) in [7, 11) is 0. The van der Waals surface area contributed by atoms with Gasteiger partial charge in [-0.25, -0.2) is 4.98 Å². The topological polar surface area (TPSA) is 91.0 Å². The number of aromatic nitrogens is 3. The molecule has 226 valence electrons. The van der Waals surface area contributed by atoms with E-state index in [4.69, 9.17) is 0 Å². The van der Waals surface area contributed by atoms with Gasteiger partial charge in [0.15, 0.2) is 23.1 Å². The van der Waals surface area contributed by atoms with E-state index >= 15 is 0 Å². The predicted octanol–water partition coefficient (Wildman–Crippen LogP) is 8.25. The van der Waals surface area contributed by atoms with Gasteiger partial charge in [-0.3, -0.25) is 19.2 Å². The number of hydrogen-bond donors (Lipinski definition) is 0. The molecule has 0 saturated carbocycles. The molecule has 0 N–H and O–H groups in total. The maximum absolute atomic E-state index is 13.2. The standard InChI is InChI=1S/C39H31N3O4/c1-3-41-32-14-7-5-10-26(32)28-20-24(16-18-34(28)41)36(43)22-38(45)30-12-9-13-31(40-30)39(46)23-37(44)25-17-19-35-29(21-25)27-11-6-8-15-33(27)42(35)4-2/h5-21H,3-4,22-23H2,1-2H3. The van der Waals surface area contributed by atoms with Gasteiger partial charge in [0, 0.05) is 67.8 Å². The molecule has 0 aliphatic heterocycles. The lowest BCUT2D eigenvalue weighted by molar-refractivity contribution is 0.0882. The first-order chi connectivity index (χ1) is 22.4. The van der Waals surface area contributed by atoms with Crippen molar-refractivity contribution in [1.29, 1.82) is 0 Å². The quantitative estimate of drug-likeness (QED) is 0.116. The highest BCUT2D eigenvalue weighted by molar-refractivity contribution is 6.18. The largest absolute Gasteiger partial charge is 0.341 e. The molecule has 0 unspecified atom stereocenters. The molecule has 7 nitrogen and oxygen atoms in total. The average molecular weight is 606 g/mol. The number of aryl methyl sites for hydroxylation is 2. The number of ketones is 4. The van der Waals surface area contributed by atoms with Crippen LogP contribution in [0, 0.1) is 0 Å². The summed E-state index contributed by atoms with van der Waals surface area (Å²) in [6.45, 7) is 5.75. The molecule has 7 aromatic rings. The zero-order chi connectivity index (χ0) is 31.9. The summed E-state index contributed by atoms with van der Waals surface area (Å²) in [4.78, 5) is 57.1. The number of Topliss-reactive ketones (excluding diaryl/α,β-unsaturated/α-hetero) is 4. The molecule has 0 radical (unpaired) electrons. The number of carbonyl (C=O) groups excluding carboxylic acids is 4. The van der Waals surface area contributed by atoms with E-state index in [1.807, 2.05) is 60.7 Å². The third-order valence-corrected chi connectivity index (χ3v) is 8.78. The number of hydrogen-bond acceptors (Lipinski definition) is 5. The third-order valence-electron chi connectivity index (χ3n) is 8.78. The van der Waals surface area contributed by atoms with Gasteiger partial charge in [0.05, 0.1) is 12.8 Å². The summed E-state index contributed by atoms with van der Waals surface area (Å²) < 4.78 is 4.40. The number of fused-ring (bicyclic) bond motifs is 6. The van der Waals surface area contributed by atoms with Crippen LogP contribution in [0.1, 0.15) is 68.4 Å². The molecular formula is C39H31N3O4. The molecule has 4 aromatic carbocycles. The summed E-state index contributed by atoms with van der Waals surface area (Å²) in [5.74, 6) is -1.62. The molecule has 0 aliphatic carbocycles. The number of para-hydroxylation sites is 2. The summed E-state index contributed by atoms with van der Waals surface area (Å²) >= 11 is 0. The van der Waals surface area contributed by atoms with E-state index in [0.29, 0.717) is 11.1 Å². The molecule has 7 rings (SSSR count). The van der Waals surface area contributed by atoms with Crippen molar-refractivity contribution in [2.24, 2.45) is 0 Å². The minimum Gasteiger partial charge on any atom is -0.341 e. The van der Waals surface area contributed by atoms with Crippen LogP contribution >= 0.6 is 0 Å². The fraction of sp³-hybridized carbons (Fsp3) is 0.154. The number of benzene rings is 4. The Morgan fingerprint density at radius 3 is 1.33 bits per heavy atom. The minimum atomic E-state index is -0.486. The lowest BCUT2D eigenvalue weighted by atomic mass is 10.0. The third kappa shape index (κ3) is 4.90. The summed E-state index contributed by atoms with van der Waals surface area (Å²) in [5.41, 5.74) is 5.16. The number of nitrogens with zero attached hydrogens (tertiary/aromatic N) is 3. The number of rotatable bonds is 10. The Balaban J connectivity index is 1.08. The van der Waals surface area contributed by atoms with Gasteiger partial charge in [0.25, 0.3) is 0 Å². The maximum Gasteiger partial charge on any atom is 0.188 e. The van der Waals surface area contributed by atoms with E-state index < -0.39 is 11.6 Å². The van der Waals surface area contributed by atoms with Crippen LogP contribution in [-0.4, -0.2) is 37.3 Å². The van der Waals surface area contributed by atoms with Crippen molar-refractivity contribution < 1.29 is 19.2 Å². The zero-order valence-corrected chi connectivity index (χ0v) is 25.6. The molecule has 46 heavy (non-hydrogen) atoms. The SMILES string of the molecule is CCn1c2ccccc2c2cc(C(=O)CC(=O)c3cccc(C(=O)CC(=O)c4ccc5c(c4)c4ccccc4n5CC)n3)ccc21. The van der Waals surface area contributed by atoms with Gasteiger partial charge in [0.1, 0.15) is 11.4 Å². The van der Waals surface area contributed by atoms with Crippen LogP contribution < -0.4 is 0 Å². The first-order valence-corrected chi connectivity index (χ1v) is 15.5. The molecule has 0 aliphatic rings. The van der Waals surface area contributed by atoms with Crippen molar-refractivity contribution in [3.63, 3.8) is 0 Å². The first kappa shape index (κ1) is 29.0. The van der Waals surface area contributed by atoms with Crippen LogP contribution in [0.3, 0.4) is 0 Å². The van der Waals surface area contributed by atoms with Crippen LogP contribution in [0.25, 0.3) is 43.6 Å². The summed E-state index contributed by atoms with van der Waals surface area (Å²) in [5, 5.41) is 4.02. The van der Waals surface area contributed by atoms with E-state index in [1.165, 1.54) is 12.1 Å². The van der Waals surface area contributed by atoms with Gasteiger partial charge in [-0.1, -0.05) is 42.5 Å². The van der Waals surface area contributed by atoms with Gasteiger partial charge < -0.3 is 9.13 Å². The molecule has 0 spiro atoms. The predicted molar refractivity (Wildman–Crippen MR) is 181 cm³/mol. The average Bonchev–Trinajstić information content (AvgIpc) is 3.59. The summed E-state index contributed by atoms with van der Waals surface area (Å²) in [6.07, 6.45) is -0.764. The fourth-order valence-corrected chi connectivity index (χ4v) is 6.56. The van der Waals surface area contributed by atoms with Gasteiger partial charge >= 0.3 is 0 Å². The Morgan fingerprint density at radius 1 is 0.478 bits per heavy atom. The monoisotopic (exact) mass is 605 g/mol. The molecule has 0 amide bonds. The smallest absolute Gasteiger partial charge is 0.188 e. The lowest BCUT2D eigenvalue weighted by Crippen LogP contribution is -2.14. The van der Waals surface area contributed by atoms with Gasteiger partial charge in [-0.2, -0.15) is 0 Å². The van der Waals surface area contributed by atoms with Crippen LogP contribution in [0.5, 0.6) is 0 Å². The van der Waals surface area contributed by atoms with Crippen molar-refractivity contribution in [1.82, 2.24) is 14.1 Å².